The molecule has 2 atom stereocenters. The minimum absolute atomic E-state index is 0.0172. The molecular weight excluding hydrogens is 377 g/mol. The number of methoxy groups -OCH3 is 2. The zero-order chi connectivity index (χ0) is 19.1. The second kappa shape index (κ2) is 9.88. The fourth-order valence-electron chi connectivity index (χ4n) is 2.39. The molecule has 2 rings (SSSR count). The first kappa shape index (κ1) is 20.6. The first-order valence-electron chi connectivity index (χ1n) is 8.15. The highest BCUT2D eigenvalue weighted by atomic mass is 35.5. The van der Waals surface area contributed by atoms with Crippen LogP contribution in [0.2, 0.25) is 10.0 Å². The van der Waals surface area contributed by atoms with Gasteiger partial charge in [0.25, 0.3) is 0 Å². The normalized spacial score (nSPS) is 13.2. The van der Waals surface area contributed by atoms with Gasteiger partial charge < -0.3 is 24.6 Å². The molecule has 142 valence electrons. The smallest absolute Gasteiger partial charge is 0.161 e. The second-order valence-corrected chi connectivity index (χ2v) is 6.63. The van der Waals surface area contributed by atoms with Crippen LogP contribution in [0.1, 0.15) is 18.5 Å². The van der Waals surface area contributed by atoms with Gasteiger partial charge in [0.1, 0.15) is 18.5 Å². The molecule has 0 aromatic heterocycles. The van der Waals surface area contributed by atoms with Gasteiger partial charge in [-0.05, 0) is 42.8 Å². The maximum Gasteiger partial charge on any atom is 0.161 e. The van der Waals surface area contributed by atoms with Gasteiger partial charge in [-0.1, -0.05) is 29.3 Å². The fraction of sp³-hybridized carbons (Fsp3) is 0.368. The van der Waals surface area contributed by atoms with E-state index in [1.807, 2.05) is 25.1 Å². The van der Waals surface area contributed by atoms with Crippen LogP contribution in [-0.2, 0) is 0 Å². The molecule has 0 bridgehead atoms. The van der Waals surface area contributed by atoms with E-state index in [9.17, 15) is 5.11 Å². The van der Waals surface area contributed by atoms with Gasteiger partial charge in [0.15, 0.2) is 11.5 Å². The van der Waals surface area contributed by atoms with E-state index >= 15 is 0 Å². The molecular formula is C19H23Cl2NO4. The Morgan fingerprint density at radius 1 is 1.00 bits per heavy atom. The molecule has 2 aromatic carbocycles. The van der Waals surface area contributed by atoms with Crippen molar-refractivity contribution < 1.29 is 19.3 Å². The van der Waals surface area contributed by atoms with Gasteiger partial charge in [0.2, 0.25) is 0 Å². The predicted molar refractivity (Wildman–Crippen MR) is 104 cm³/mol. The number of aliphatic hydroxyl groups excluding tert-OH is 1. The molecule has 0 aliphatic heterocycles. The van der Waals surface area contributed by atoms with Gasteiger partial charge >= 0.3 is 0 Å². The summed E-state index contributed by atoms with van der Waals surface area (Å²) in [6, 6.07) is 10.7. The van der Waals surface area contributed by atoms with Crippen molar-refractivity contribution in [2.75, 3.05) is 27.4 Å². The Morgan fingerprint density at radius 2 is 1.69 bits per heavy atom. The summed E-state index contributed by atoms with van der Waals surface area (Å²) in [6.45, 7) is 2.48. The topological polar surface area (TPSA) is 60.0 Å². The summed E-state index contributed by atoms with van der Waals surface area (Å²) in [5.74, 6) is 1.83. The molecule has 0 radical (unpaired) electrons. The summed E-state index contributed by atoms with van der Waals surface area (Å²) in [7, 11) is 3.20. The number of ether oxygens (including phenoxy) is 3. The maximum absolute atomic E-state index is 10.1. The van der Waals surface area contributed by atoms with Gasteiger partial charge in [-0.3, -0.25) is 0 Å². The number of aliphatic hydroxyl groups is 1. The monoisotopic (exact) mass is 399 g/mol. The van der Waals surface area contributed by atoms with E-state index in [-0.39, 0.29) is 12.6 Å². The fourth-order valence-corrected chi connectivity index (χ4v) is 2.85. The Hall–Kier alpha value is -1.66. The van der Waals surface area contributed by atoms with E-state index < -0.39 is 6.10 Å². The van der Waals surface area contributed by atoms with Gasteiger partial charge in [-0.2, -0.15) is 0 Å². The molecule has 0 heterocycles. The lowest BCUT2D eigenvalue weighted by Crippen LogP contribution is -2.33. The predicted octanol–water partition coefficient (Wildman–Crippen LogP) is 4.10. The van der Waals surface area contributed by atoms with Crippen LogP contribution in [0.4, 0.5) is 0 Å². The van der Waals surface area contributed by atoms with Crippen LogP contribution >= 0.6 is 23.2 Å². The lowest BCUT2D eigenvalue weighted by Gasteiger charge is -2.19. The van der Waals surface area contributed by atoms with Gasteiger partial charge in [0, 0.05) is 17.6 Å². The molecule has 0 spiro atoms. The average molecular weight is 400 g/mol. The Bertz CT molecular complexity index is 727. The van der Waals surface area contributed by atoms with Gasteiger partial charge in [-0.25, -0.2) is 0 Å². The third-order valence-electron chi connectivity index (χ3n) is 3.89. The minimum Gasteiger partial charge on any atom is -0.493 e. The Morgan fingerprint density at radius 3 is 2.35 bits per heavy atom. The van der Waals surface area contributed by atoms with Crippen molar-refractivity contribution in [1.29, 1.82) is 0 Å². The van der Waals surface area contributed by atoms with Crippen LogP contribution in [0, 0.1) is 0 Å². The van der Waals surface area contributed by atoms with Gasteiger partial charge in [-0.15, -0.1) is 0 Å². The van der Waals surface area contributed by atoms with Crippen LogP contribution in [0.25, 0.3) is 0 Å². The summed E-state index contributed by atoms with van der Waals surface area (Å²) in [4.78, 5) is 0. The van der Waals surface area contributed by atoms with Crippen molar-refractivity contribution in [2.45, 2.75) is 19.1 Å². The van der Waals surface area contributed by atoms with Crippen LogP contribution in [0.5, 0.6) is 17.2 Å². The largest absolute Gasteiger partial charge is 0.493 e. The van der Waals surface area contributed by atoms with E-state index in [1.165, 1.54) is 0 Å². The number of benzene rings is 2. The van der Waals surface area contributed by atoms with Crippen molar-refractivity contribution in [1.82, 2.24) is 5.32 Å². The minimum atomic E-state index is -0.690. The molecule has 2 N–H and O–H groups in total. The van der Waals surface area contributed by atoms with E-state index in [2.05, 4.69) is 5.32 Å². The molecule has 5 nitrogen and oxygen atoms in total. The molecule has 0 aliphatic rings. The quantitative estimate of drug-likeness (QED) is 0.664. The first-order valence-corrected chi connectivity index (χ1v) is 8.91. The highest BCUT2D eigenvalue weighted by Gasteiger charge is 2.13. The zero-order valence-corrected chi connectivity index (χ0v) is 16.5. The zero-order valence-electron chi connectivity index (χ0n) is 15.0. The van der Waals surface area contributed by atoms with E-state index in [0.717, 1.165) is 5.56 Å². The van der Waals surface area contributed by atoms with Crippen molar-refractivity contribution in [3.8, 4) is 17.2 Å². The summed E-state index contributed by atoms with van der Waals surface area (Å²) in [6.07, 6.45) is -0.690. The summed E-state index contributed by atoms with van der Waals surface area (Å²) >= 11 is 11.9. The third-order valence-corrected chi connectivity index (χ3v) is 4.42. The third kappa shape index (κ3) is 5.68. The molecule has 0 fully saturated rings. The SMILES string of the molecule is COc1ccc(C(C)NCC(O)COc2ccc(Cl)cc2Cl)cc1OC. The molecule has 7 heteroatoms. The highest BCUT2D eigenvalue weighted by Crippen LogP contribution is 2.30. The number of nitrogens with one attached hydrogen (secondary N) is 1. The molecule has 0 amide bonds. The lowest BCUT2D eigenvalue weighted by molar-refractivity contribution is 0.104. The Kier molecular flexibility index (Phi) is 7.85. The van der Waals surface area contributed by atoms with Crippen molar-refractivity contribution in [3.05, 3.63) is 52.0 Å². The van der Waals surface area contributed by atoms with Crippen molar-refractivity contribution in [3.63, 3.8) is 0 Å². The second-order valence-electron chi connectivity index (χ2n) is 5.78. The summed E-state index contributed by atoms with van der Waals surface area (Å²) in [5.41, 5.74) is 1.02. The van der Waals surface area contributed by atoms with E-state index in [4.69, 9.17) is 37.4 Å². The van der Waals surface area contributed by atoms with Crippen molar-refractivity contribution >= 4 is 23.2 Å². The number of halogens is 2. The molecule has 0 saturated heterocycles. The summed E-state index contributed by atoms with van der Waals surface area (Å²) < 4.78 is 16.1. The number of rotatable bonds is 9. The molecule has 2 aromatic rings. The van der Waals surface area contributed by atoms with E-state index in [0.29, 0.717) is 33.8 Å². The number of hydrogen-bond donors (Lipinski definition) is 2. The molecule has 2 unspecified atom stereocenters. The van der Waals surface area contributed by atoms with Crippen LogP contribution in [0.3, 0.4) is 0 Å². The van der Waals surface area contributed by atoms with Crippen LogP contribution < -0.4 is 19.5 Å². The molecule has 0 aliphatic carbocycles. The van der Waals surface area contributed by atoms with Crippen LogP contribution in [0.15, 0.2) is 36.4 Å². The molecule has 0 saturated carbocycles. The Balaban J connectivity index is 1.85. The maximum atomic E-state index is 10.1. The van der Waals surface area contributed by atoms with Crippen LogP contribution in [-0.4, -0.2) is 38.6 Å². The van der Waals surface area contributed by atoms with E-state index in [1.54, 1.807) is 32.4 Å². The lowest BCUT2D eigenvalue weighted by atomic mass is 10.1. The first-order chi connectivity index (χ1) is 12.4. The number of hydrogen-bond acceptors (Lipinski definition) is 5. The highest BCUT2D eigenvalue weighted by molar-refractivity contribution is 6.35. The van der Waals surface area contributed by atoms with Gasteiger partial charge in [0.05, 0.1) is 19.2 Å². The average Bonchev–Trinajstić information content (AvgIpc) is 2.64. The molecule has 26 heavy (non-hydrogen) atoms. The Labute approximate surface area is 163 Å². The standard InChI is InChI=1S/C19H23Cl2NO4/c1-12(13-4-6-18(24-2)19(8-13)25-3)22-10-15(23)11-26-17-7-5-14(20)9-16(17)21/h4-9,12,15,22-23H,10-11H2,1-3H3. The van der Waals surface area contributed by atoms with Crippen molar-refractivity contribution in [2.24, 2.45) is 0 Å². The summed E-state index contributed by atoms with van der Waals surface area (Å²) in [5, 5.41) is 14.3.